The van der Waals surface area contributed by atoms with Gasteiger partial charge >= 0.3 is 0 Å². The molecule has 0 radical (unpaired) electrons. The molecular formula is C16H25ClO3. The van der Waals surface area contributed by atoms with Crippen LogP contribution in [0.2, 0.25) is 0 Å². The van der Waals surface area contributed by atoms with Gasteiger partial charge in [-0.2, -0.15) is 0 Å². The highest BCUT2D eigenvalue weighted by molar-refractivity contribution is 6.17. The maximum absolute atomic E-state index is 5.61. The number of rotatable bonds is 13. The van der Waals surface area contributed by atoms with Gasteiger partial charge in [-0.25, -0.2) is 0 Å². The first-order chi connectivity index (χ1) is 9.93. The molecule has 0 aliphatic rings. The van der Waals surface area contributed by atoms with E-state index in [-0.39, 0.29) is 0 Å². The van der Waals surface area contributed by atoms with Gasteiger partial charge < -0.3 is 14.2 Å². The smallest absolute Gasteiger partial charge is 0.119 e. The SMILES string of the molecule is ClCCCCCCOCCOCCOc1ccccc1. The number of ether oxygens (including phenoxy) is 3. The van der Waals surface area contributed by atoms with Crippen molar-refractivity contribution < 1.29 is 14.2 Å². The maximum Gasteiger partial charge on any atom is 0.119 e. The summed E-state index contributed by atoms with van der Waals surface area (Å²) in [5.74, 6) is 1.64. The lowest BCUT2D eigenvalue weighted by Crippen LogP contribution is -2.11. The van der Waals surface area contributed by atoms with Gasteiger partial charge in [0.05, 0.1) is 19.8 Å². The third kappa shape index (κ3) is 10.1. The van der Waals surface area contributed by atoms with Crippen molar-refractivity contribution in [2.45, 2.75) is 25.7 Å². The van der Waals surface area contributed by atoms with Crippen LogP contribution in [0.25, 0.3) is 0 Å². The molecule has 20 heavy (non-hydrogen) atoms. The van der Waals surface area contributed by atoms with Crippen LogP contribution in [0.15, 0.2) is 30.3 Å². The molecule has 0 amide bonds. The maximum atomic E-state index is 5.61. The zero-order chi connectivity index (χ0) is 14.3. The fraction of sp³-hybridized carbons (Fsp3) is 0.625. The number of para-hydroxylation sites is 1. The largest absolute Gasteiger partial charge is 0.491 e. The van der Waals surface area contributed by atoms with E-state index in [0.717, 1.165) is 31.1 Å². The first kappa shape index (κ1) is 17.3. The Bertz CT molecular complexity index is 306. The van der Waals surface area contributed by atoms with Crippen LogP contribution in [0, 0.1) is 0 Å². The fourth-order valence-electron chi connectivity index (χ4n) is 1.71. The van der Waals surface area contributed by atoms with E-state index in [1.807, 2.05) is 30.3 Å². The second-order valence-electron chi connectivity index (χ2n) is 4.49. The molecule has 0 aromatic heterocycles. The molecule has 0 unspecified atom stereocenters. The molecule has 0 aliphatic carbocycles. The zero-order valence-electron chi connectivity index (χ0n) is 12.1. The summed E-state index contributed by atoms with van der Waals surface area (Å²) in [5, 5.41) is 0. The lowest BCUT2D eigenvalue weighted by Gasteiger charge is -2.07. The summed E-state index contributed by atoms with van der Waals surface area (Å²) in [5.41, 5.74) is 0. The van der Waals surface area contributed by atoms with E-state index in [1.165, 1.54) is 12.8 Å². The molecule has 114 valence electrons. The molecule has 4 heteroatoms. The van der Waals surface area contributed by atoms with E-state index in [1.54, 1.807) is 0 Å². The van der Waals surface area contributed by atoms with Gasteiger partial charge in [0.2, 0.25) is 0 Å². The topological polar surface area (TPSA) is 27.7 Å². The molecule has 1 rings (SSSR count). The number of hydrogen-bond donors (Lipinski definition) is 0. The summed E-state index contributed by atoms with van der Waals surface area (Å²) < 4.78 is 16.4. The van der Waals surface area contributed by atoms with Crippen molar-refractivity contribution in [3.63, 3.8) is 0 Å². The molecular weight excluding hydrogens is 276 g/mol. The van der Waals surface area contributed by atoms with Gasteiger partial charge in [-0.15, -0.1) is 11.6 Å². The standard InChI is InChI=1S/C16H25ClO3/c17-10-6-1-2-7-11-18-12-13-19-14-15-20-16-8-4-3-5-9-16/h3-5,8-9H,1-2,6-7,10-15H2. The van der Waals surface area contributed by atoms with Gasteiger partial charge in [0, 0.05) is 12.5 Å². The van der Waals surface area contributed by atoms with Crippen LogP contribution in [0.3, 0.4) is 0 Å². The van der Waals surface area contributed by atoms with Crippen LogP contribution >= 0.6 is 11.6 Å². The van der Waals surface area contributed by atoms with Crippen molar-refractivity contribution in [2.24, 2.45) is 0 Å². The van der Waals surface area contributed by atoms with E-state index in [0.29, 0.717) is 26.4 Å². The fourth-order valence-corrected chi connectivity index (χ4v) is 1.90. The molecule has 1 aromatic rings. The Morgan fingerprint density at radius 1 is 0.700 bits per heavy atom. The highest BCUT2D eigenvalue weighted by Crippen LogP contribution is 2.07. The molecule has 0 saturated heterocycles. The second kappa shape index (κ2) is 13.2. The number of alkyl halides is 1. The van der Waals surface area contributed by atoms with Crippen molar-refractivity contribution in [2.75, 3.05) is 38.9 Å². The third-order valence-corrected chi connectivity index (χ3v) is 3.05. The van der Waals surface area contributed by atoms with Crippen molar-refractivity contribution in [1.29, 1.82) is 0 Å². The highest BCUT2D eigenvalue weighted by atomic mass is 35.5. The zero-order valence-corrected chi connectivity index (χ0v) is 12.8. The van der Waals surface area contributed by atoms with Crippen molar-refractivity contribution in [3.05, 3.63) is 30.3 Å². The van der Waals surface area contributed by atoms with Crippen LogP contribution in [-0.2, 0) is 9.47 Å². The summed E-state index contributed by atoms with van der Waals surface area (Å²) in [4.78, 5) is 0. The molecule has 0 spiro atoms. The van der Waals surface area contributed by atoms with Gasteiger partial charge in [0.15, 0.2) is 0 Å². The lowest BCUT2D eigenvalue weighted by atomic mass is 10.2. The lowest BCUT2D eigenvalue weighted by molar-refractivity contribution is 0.0352. The minimum absolute atomic E-state index is 0.572. The quantitative estimate of drug-likeness (QED) is 0.408. The van der Waals surface area contributed by atoms with Gasteiger partial charge in [-0.3, -0.25) is 0 Å². The van der Waals surface area contributed by atoms with Crippen molar-refractivity contribution in [1.82, 2.24) is 0 Å². The van der Waals surface area contributed by atoms with Crippen LogP contribution < -0.4 is 4.74 Å². The third-order valence-electron chi connectivity index (χ3n) is 2.78. The van der Waals surface area contributed by atoms with Gasteiger partial charge in [-0.1, -0.05) is 31.0 Å². The number of benzene rings is 1. The number of unbranched alkanes of at least 4 members (excludes halogenated alkanes) is 3. The number of hydrogen-bond acceptors (Lipinski definition) is 3. The predicted octanol–water partition coefficient (Wildman–Crippen LogP) is 3.90. The Morgan fingerprint density at radius 3 is 2.10 bits per heavy atom. The van der Waals surface area contributed by atoms with Crippen molar-refractivity contribution in [3.8, 4) is 5.75 Å². The Kier molecular flexibility index (Phi) is 11.4. The van der Waals surface area contributed by atoms with E-state index >= 15 is 0 Å². The Hall–Kier alpha value is -0.770. The summed E-state index contributed by atoms with van der Waals surface area (Å²) in [7, 11) is 0. The van der Waals surface area contributed by atoms with Crippen LogP contribution in [0.5, 0.6) is 5.75 Å². The molecule has 0 atom stereocenters. The van der Waals surface area contributed by atoms with Crippen LogP contribution in [-0.4, -0.2) is 38.9 Å². The van der Waals surface area contributed by atoms with Crippen molar-refractivity contribution >= 4 is 11.6 Å². The molecule has 1 aromatic carbocycles. The van der Waals surface area contributed by atoms with E-state index in [2.05, 4.69) is 0 Å². The summed E-state index contributed by atoms with van der Waals surface area (Å²) in [6.45, 7) is 3.25. The van der Waals surface area contributed by atoms with Crippen LogP contribution in [0.1, 0.15) is 25.7 Å². The average Bonchev–Trinajstić information content (AvgIpc) is 2.49. The summed E-state index contributed by atoms with van der Waals surface area (Å²) in [6.07, 6.45) is 4.60. The van der Waals surface area contributed by atoms with E-state index in [4.69, 9.17) is 25.8 Å². The Balaban J connectivity index is 1.77. The normalized spacial score (nSPS) is 10.7. The minimum atomic E-state index is 0.572. The van der Waals surface area contributed by atoms with Gasteiger partial charge in [0.25, 0.3) is 0 Å². The number of halogens is 1. The van der Waals surface area contributed by atoms with Gasteiger partial charge in [-0.05, 0) is 25.0 Å². The predicted molar refractivity (Wildman–Crippen MR) is 82.8 cm³/mol. The minimum Gasteiger partial charge on any atom is -0.491 e. The highest BCUT2D eigenvalue weighted by Gasteiger charge is 1.94. The Labute approximate surface area is 127 Å². The monoisotopic (exact) mass is 300 g/mol. The molecule has 3 nitrogen and oxygen atoms in total. The molecule has 0 bridgehead atoms. The first-order valence-electron chi connectivity index (χ1n) is 7.33. The average molecular weight is 301 g/mol. The summed E-state index contributed by atoms with van der Waals surface area (Å²) in [6, 6.07) is 9.76. The van der Waals surface area contributed by atoms with Gasteiger partial charge in [0.1, 0.15) is 12.4 Å². The summed E-state index contributed by atoms with van der Waals surface area (Å²) >= 11 is 5.61. The molecule has 0 N–H and O–H groups in total. The Morgan fingerprint density at radius 2 is 1.35 bits per heavy atom. The van der Waals surface area contributed by atoms with Crippen LogP contribution in [0.4, 0.5) is 0 Å². The molecule has 0 heterocycles. The second-order valence-corrected chi connectivity index (χ2v) is 4.87. The molecule has 0 fully saturated rings. The van der Waals surface area contributed by atoms with E-state index < -0.39 is 0 Å². The molecule has 0 saturated carbocycles. The first-order valence-corrected chi connectivity index (χ1v) is 7.86. The molecule has 0 aliphatic heterocycles. The van der Waals surface area contributed by atoms with E-state index in [9.17, 15) is 0 Å².